The highest BCUT2D eigenvalue weighted by Crippen LogP contribution is 2.33. The van der Waals surface area contributed by atoms with Crippen molar-refractivity contribution in [2.24, 2.45) is 0 Å². The number of rotatable bonds is 0. The Hall–Kier alpha value is -1.31. The Bertz CT molecular complexity index is 429. The second kappa shape index (κ2) is 3.62. The SMILES string of the molecule is [CH2]c1ccc2c(c1)CCC(=O)N2C(C)(C)C. The lowest BCUT2D eigenvalue weighted by atomic mass is 9.94. The molecule has 1 aliphatic heterocycles. The molecule has 1 aromatic carbocycles. The lowest BCUT2D eigenvalue weighted by molar-refractivity contribution is -0.119. The number of hydrogen-bond donors (Lipinski definition) is 0. The molecule has 0 saturated heterocycles. The van der Waals surface area contributed by atoms with Gasteiger partial charge < -0.3 is 4.90 Å². The van der Waals surface area contributed by atoms with Crippen molar-refractivity contribution in [2.75, 3.05) is 4.90 Å². The fraction of sp³-hybridized carbons (Fsp3) is 0.429. The summed E-state index contributed by atoms with van der Waals surface area (Å²) in [6.07, 6.45) is 1.44. The van der Waals surface area contributed by atoms with Crippen LogP contribution in [0.5, 0.6) is 0 Å². The largest absolute Gasteiger partial charge is 0.307 e. The molecule has 85 valence electrons. The molecule has 1 aromatic rings. The highest BCUT2D eigenvalue weighted by molar-refractivity contribution is 5.97. The van der Waals surface area contributed by atoms with Crippen molar-refractivity contribution >= 4 is 11.6 Å². The maximum atomic E-state index is 12.0. The number of nitrogens with zero attached hydrogens (tertiary/aromatic N) is 1. The van der Waals surface area contributed by atoms with Crippen molar-refractivity contribution in [3.63, 3.8) is 0 Å². The van der Waals surface area contributed by atoms with Crippen LogP contribution in [0.4, 0.5) is 5.69 Å². The molecule has 1 radical (unpaired) electrons. The van der Waals surface area contributed by atoms with E-state index in [1.807, 2.05) is 17.0 Å². The summed E-state index contributed by atoms with van der Waals surface area (Å²) in [7, 11) is 0. The second-order valence-corrected chi connectivity index (χ2v) is 5.36. The van der Waals surface area contributed by atoms with Crippen LogP contribution in [0, 0.1) is 6.92 Å². The number of carbonyl (C=O) groups excluding carboxylic acids is 1. The van der Waals surface area contributed by atoms with Crippen molar-refractivity contribution in [1.82, 2.24) is 0 Å². The summed E-state index contributed by atoms with van der Waals surface area (Å²) in [5.41, 5.74) is 3.15. The van der Waals surface area contributed by atoms with Gasteiger partial charge in [-0.25, -0.2) is 0 Å². The van der Waals surface area contributed by atoms with Crippen molar-refractivity contribution in [3.8, 4) is 0 Å². The van der Waals surface area contributed by atoms with Crippen molar-refractivity contribution in [3.05, 3.63) is 36.2 Å². The number of carbonyl (C=O) groups is 1. The highest BCUT2D eigenvalue weighted by atomic mass is 16.2. The van der Waals surface area contributed by atoms with Crippen molar-refractivity contribution in [2.45, 2.75) is 39.2 Å². The van der Waals surface area contributed by atoms with Gasteiger partial charge >= 0.3 is 0 Å². The number of anilines is 1. The van der Waals surface area contributed by atoms with Gasteiger partial charge in [0.15, 0.2) is 0 Å². The molecule has 2 heteroatoms. The first-order valence-electron chi connectivity index (χ1n) is 5.67. The van der Waals surface area contributed by atoms with Crippen molar-refractivity contribution in [1.29, 1.82) is 0 Å². The van der Waals surface area contributed by atoms with E-state index in [1.165, 1.54) is 5.56 Å². The number of aryl methyl sites for hydroxylation is 1. The monoisotopic (exact) mass is 216 g/mol. The van der Waals surface area contributed by atoms with Gasteiger partial charge in [-0.2, -0.15) is 0 Å². The van der Waals surface area contributed by atoms with Gasteiger partial charge in [0.1, 0.15) is 0 Å². The van der Waals surface area contributed by atoms with Crippen LogP contribution in [0.25, 0.3) is 0 Å². The maximum Gasteiger partial charge on any atom is 0.227 e. The van der Waals surface area contributed by atoms with E-state index < -0.39 is 0 Å². The third kappa shape index (κ3) is 1.84. The molecule has 2 nitrogen and oxygen atoms in total. The van der Waals surface area contributed by atoms with E-state index in [4.69, 9.17) is 0 Å². The van der Waals surface area contributed by atoms with Gasteiger partial charge in [0.2, 0.25) is 5.91 Å². The number of benzene rings is 1. The average Bonchev–Trinajstić information content (AvgIpc) is 2.16. The van der Waals surface area contributed by atoms with Crippen LogP contribution < -0.4 is 4.90 Å². The number of amides is 1. The molecule has 0 bridgehead atoms. The van der Waals surface area contributed by atoms with Gasteiger partial charge in [-0.3, -0.25) is 4.79 Å². The van der Waals surface area contributed by atoms with Gasteiger partial charge in [-0.05, 0) is 51.3 Å². The Morgan fingerprint density at radius 3 is 2.56 bits per heavy atom. The normalized spacial score (nSPS) is 16.2. The summed E-state index contributed by atoms with van der Waals surface area (Å²) >= 11 is 0. The minimum atomic E-state index is -0.158. The molecular weight excluding hydrogens is 198 g/mol. The van der Waals surface area contributed by atoms with E-state index in [-0.39, 0.29) is 11.4 Å². The van der Waals surface area contributed by atoms with Crippen LogP contribution >= 0.6 is 0 Å². The lowest BCUT2D eigenvalue weighted by Crippen LogP contribution is -2.48. The smallest absolute Gasteiger partial charge is 0.227 e. The molecule has 16 heavy (non-hydrogen) atoms. The summed E-state index contributed by atoms with van der Waals surface area (Å²) in [6.45, 7) is 10.1. The second-order valence-electron chi connectivity index (χ2n) is 5.36. The zero-order valence-corrected chi connectivity index (χ0v) is 10.2. The molecule has 1 heterocycles. The van der Waals surface area contributed by atoms with Gasteiger partial charge in [0.05, 0.1) is 0 Å². The molecule has 2 rings (SSSR count). The van der Waals surface area contributed by atoms with Gasteiger partial charge in [-0.1, -0.05) is 12.1 Å². The number of hydrogen-bond acceptors (Lipinski definition) is 1. The highest BCUT2D eigenvalue weighted by Gasteiger charge is 2.32. The fourth-order valence-electron chi connectivity index (χ4n) is 2.28. The lowest BCUT2D eigenvalue weighted by Gasteiger charge is -2.39. The topological polar surface area (TPSA) is 20.3 Å². The zero-order chi connectivity index (χ0) is 11.9. The van der Waals surface area contributed by atoms with E-state index in [1.54, 1.807) is 0 Å². The van der Waals surface area contributed by atoms with Crippen LogP contribution in [0.2, 0.25) is 0 Å². The van der Waals surface area contributed by atoms with Gasteiger partial charge in [-0.15, -0.1) is 0 Å². The van der Waals surface area contributed by atoms with Crippen LogP contribution in [0.3, 0.4) is 0 Å². The summed E-state index contributed by atoms with van der Waals surface area (Å²) < 4.78 is 0. The van der Waals surface area contributed by atoms with Crippen LogP contribution in [0.15, 0.2) is 18.2 Å². The number of fused-ring (bicyclic) bond motifs is 1. The first-order chi connectivity index (χ1) is 7.39. The Balaban J connectivity index is 2.53. The Labute approximate surface area is 97.3 Å². The molecule has 0 fully saturated rings. The fourth-order valence-corrected chi connectivity index (χ4v) is 2.28. The van der Waals surface area contributed by atoms with Crippen LogP contribution in [-0.2, 0) is 11.2 Å². The van der Waals surface area contributed by atoms with E-state index in [9.17, 15) is 4.79 Å². The Kier molecular flexibility index (Phi) is 2.53. The molecular formula is C14H18NO. The quantitative estimate of drug-likeness (QED) is 0.653. The molecule has 0 aromatic heterocycles. The van der Waals surface area contributed by atoms with E-state index in [2.05, 4.69) is 33.8 Å². The summed E-state index contributed by atoms with van der Waals surface area (Å²) in [6, 6.07) is 6.07. The first kappa shape index (κ1) is 11.2. The molecule has 1 amide bonds. The van der Waals surface area contributed by atoms with Crippen molar-refractivity contribution < 1.29 is 4.79 Å². The predicted octanol–water partition coefficient (Wildman–Crippen LogP) is 2.95. The first-order valence-corrected chi connectivity index (χ1v) is 5.67. The molecule has 0 unspecified atom stereocenters. The average molecular weight is 216 g/mol. The summed E-state index contributed by atoms with van der Waals surface area (Å²) in [5.74, 6) is 0.219. The minimum absolute atomic E-state index is 0.158. The zero-order valence-electron chi connectivity index (χ0n) is 10.2. The molecule has 1 aliphatic rings. The Morgan fingerprint density at radius 1 is 1.25 bits per heavy atom. The summed E-state index contributed by atoms with van der Waals surface area (Å²) in [4.78, 5) is 13.9. The third-order valence-electron chi connectivity index (χ3n) is 2.91. The summed E-state index contributed by atoms with van der Waals surface area (Å²) in [5, 5.41) is 0. The van der Waals surface area contributed by atoms with Crippen LogP contribution in [-0.4, -0.2) is 11.4 Å². The molecule has 0 spiro atoms. The standard InChI is InChI=1S/C14H18NO/c1-10-5-7-12-11(9-10)6-8-13(16)15(12)14(2,3)4/h5,7,9H,1,6,8H2,2-4H3. The van der Waals surface area contributed by atoms with Gasteiger partial charge in [0, 0.05) is 17.6 Å². The Morgan fingerprint density at radius 2 is 1.94 bits per heavy atom. The van der Waals surface area contributed by atoms with Crippen LogP contribution in [0.1, 0.15) is 38.3 Å². The maximum absolute atomic E-state index is 12.0. The third-order valence-corrected chi connectivity index (χ3v) is 2.91. The molecule has 0 aliphatic carbocycles. The minimum Gasteiger partial charge on any atom is -0.307 e. The van der Waals surface area contributed by atoms with E-state index in [0.717, 1.165) is 17.7 Å². The molecule has 0 N–H and O–H groups in total. The predicted molar refractivity (Wildman–Crippen MR) is 66.5 cm³/mol. The molecule has 0 saturated carbocycles. The molecule has 0 atom stereocenters. The van der Waals surface area contributed by atoms with E-state index >= 15 is 0 Å². The van der Waals surface area contributed by atoms with E-state index in [0.29, 0.717) is 6.42 Å². The van der Waals surface area contributed by atoms with Gasteiger partial charge in [0.25, 0.3) is 0 Å².